The maximum atomic E-state index is 11.0. The first-order valence-electron chi connectivity index (χ1n) is 5.53. The van der Waals surface area contributed by atoms with Crippen LogP contribution in [0.4, 0.5) is 11.4 Å². The van der Waals surface area contributed by atoms with E-state index in [0.717, 1.165) is 17.9 Å². The monoisotopic (exact) mass is 256 g/mol. The van der Waals surface area contributed by atoms with Crippen molar-refractivity contribution in [3.8, 4) is 5.75 Å². The molecular weight excluding hydrogens is 236 g/mol. The molecule has 5 heteroatoms. The van der Waals surface area contributed by atoms with Crippen LogP contribution in [-0.2, 0) is 10.8 Å². The van der Waals surface area contributed by atoms with Crippen molar-refractivity contribution < 1.29 is 8.95 Å². The summed E-state index contributed by atoms with van der Waals surface area (Å²) in [6.07, 6.45) is 2.57. The van der Waals surface area contributed by atoms with Gasteiger partial charge < -0.3 is 15.8 Å². The van der Waals surface area contributed by atoms with Crippen LogP contribution in [0, 0.1) is 0 Å². The van der Waals surface area contributed by atoms with Gasteiger partial charge in [-0.15, -0.1) is 0 Å². The molecule has 0 fully saturated rings. The van der Waals surface area contributed by atoms with Crippen LogP contribution >= 0.6 is 0 Å². The Balaban J connectivity index is 2.59. The molecule has 0 amide bonds. The van der Waals surface area contributed by atoms with Gasteiger partial charge in [-0.25, -0.2) is 0 Å². The molecule has 1 rings (SSSR count). The number of benzene rings is 1. The molecular formula is C12H20N2O2S. The van der Waals surface area contributed by atoms with E-state index in [1.54, 1.807) is 19.4 Å². The van der Waals surface area contributed by atoms with Crippen LogP contribution in [0.1, 0.15) is 13.3 Å². The average Bonchev–Trinajstić information content (AvgIpc) is 2.29. The quantitative estimate of drug-likeness (QED) is 0.762. The third-order valence-electron chi connectivity index (χ3n) is 2.50. The summed E-state index contributed by atoms with van der Waals surface area (Å²) in [6.45, 7) is 2.05. The third kappa shape index (κ3) is 4.65. The molecule has 4 nitrogen and oxygen atoms in total. The summed E-state index contributed by atoms with van der Waals surface area (Å²) in [5.74, 6) is 1.44. The minimum atomic E-state index is -0.746. The summed E-state index contributed by atoms with van der Waals surface area (Å²) in [5, 5.41) is 3.30. The summed E-state index contributed by atoms with van der Waals surface area (Å²) < 4.78 is 16.1. The zero-order valence-corrected chi connectivity index (χ0v) is 11.3. The van der Waals surface area contributed by atoms with Crippen molar-refractivity contribution in [1.82, 2.24) is 0 Å². The predicted octanol–water partition coefficient (Wildman–Crippen LogP) is 1.85. The number of anilines is 2. The second kappa shape index (κ2) is 6.49. The van der Waals surface area contributed by atoms with Gasteiger partial charge in [0.05, 0.1) is 18.5 Å². The van der Waals surface area contributed by atoms with Crippen molar-refractivity contribution in [2.45, 2.75) is 19.4 Å². The van der Waals surface area contributed by atoms with E-state index < -0.39 is 10.8 Å². The molecule has 0 spiro atoms. The van der Waals surface area contributed by atoms with Gasteiger partial charge in [-0.1, -0.05) is 0 Å². The molecule has 2 unspecified atom stereocenters. The molecule has 0 aliphatic heterocycles. The number of hydrogen-bond acceptors (Lipinski definition) is 4. The molecule has 2 atom stereocenters. The molecule has 17 heavy (non-hydrogen) atoms. The Morgan fingerprint density at radius 1 is 1.53 bits per heavy atom. The molecule has 3 N–H and O–H groups in total. The highest BCUT2D eigenvalue weighted by atomic mass is 32.2. The Morgan fingerprint density at radius 3 is 2.76 bits per heavy atom. The zero-order chi connectivity index (χ0) is 12.8. The van der Waals surface area contributed by atoms with Crippen LogP contribution in [0.25, 0.3) is 0 Å². The molecule has 0 saturated carbocycles. The number of hydrogen-bond donors (Lipinski definition) is 2. The largest absolute Gasteiger partial charge is 0.497 e. The molecule has 1 aromatic rings. The van der Waals surface area contributed by atoms with Gasteiger partial charge in [0, 0.05) is 34.9 Å². The summed E-state index contributed by atoms with van der Waals surface area (Å²) in [7, 11) is 0.866. The summed E-state index contributed by atoms with van der Waals surface area (Å²) >= 11 is 0. The smallest absolute Gasteiger partial charge is 0.121 e. The van der Waals surface area contributed by atoms with E-state index in [9.17, 15) is 4.21 Å². The molecule has 0 heterocycles. The SMILES string of the molecule is COc1ccc(NC(C)CCS(C)=O)c(N)c1. The minimum absolute atomic E-state index is 0.245. The Morgan fingerprint density at radius 2 is 2.24 bits per heavy atom. The maximum Gasteiger partial charge on any atom is 0.121 e. The lowest BCUT2D eigenvalue weighted by Gasteiger charge is -2.16. The molecule has 96 valence electrons. The summed E-state index contributed by atoms with van der Waals surface area (Å²) in [5.41, 5.74) is 7.45. The van der Waals surface area contributed by atoms with Gasteiger partial charge >= 0.3 is 0 Å². The minimum Gasteiger partial charge on any atom is -0.497 e. The first-order chi connectivity index (χ1) is 8.02. The van der Waals surface area contributed by atoms with Gasteiger partial charge in [0.1, 0.15) is 5.75 Å². The van der Waals surface area contributed by atoms with Gasteiger partial charge in [0.25, 0.3) is 0 Å². The van der Waals surface area contributed by atoms with Crippen molar-refractivity contribution in [3.05, 3.63) is 18.2 Å². The first-order valence-corrected chi connectivity index (χ1v) is 7.25. The topological polar surface area (TPSA) is 64.3 Å². The van der Waals surface area contributed by atoms with Gasteiger partial charge in [-0.2, -0.15) is 0 Å². The number of nitrogens with one attached hydrogen (secondary N) is 1. The van der Waals surface area contributed by atoms with E-state index in [1.165, 1.54) is 0 Å². The second-order valence-corrected chi connectivity index (χ2v) is 5.62. The molecule has 0 aliphatic carbocycles. The highest BCUT2D eigenvalue weighted by Gasteiger charge is 2.06. The van der Waals surface area contributed by atoms with E-state index in [0.29, 0.717) is 11.4 Å². The van der Waals surface area contributed by atoms with Gasteiger partial charge in [0.2, 0.25) is 0 Å². The Hall–Kier alpha value is -1.23. The van der Waals surface area contributed by atoms with E-state index in [4.69, 9.17) is 10.5 Å². The lowest BCUT2D eigenvalue weighted by atomic mass is 10.2. The number of rotatable bonds is 6. The standard InChI is InChI=1S/C12H20N2O2S/c1-9(6-7-17(3)15)14-12-5-4-10(16-2)8-11(12)13/h4-5,8-9,14H,6-7,13H2,1-3H3. The van der Waals surface area contributed by atoms with Gasteiger partial charge in [-0.3, -0.25) is 4.21 Å². The molecule has 0 radical (unpaired) electrons. The summed E-state index contributed by atoms with van der Waals surface area (Å²) in [4.78, 5) is 0. The fourth-order valence-electron chi connectivity index (χ4n) is 1.48. The highest BCUT2D eigenvalue weighted by Crippen LogP contribution is 2.24. The predicted molar refractivity (Wildman–Crippen MR) is 74.0 cm³/mol. The van der Waals surface area contributed by atoms with Crippen molar-refractivity contribution >= 4 is 22.2 Å². The molecule has 0 bridgehead atoms. The number of nitrogens with two attached hydrogens (primary N) is 1. The Kier molecular flexibility index (Phi) is 5.28. The van der Waals surface area contributed by atoms with Crippen LogP contribution in [0.2, 0.25) is 0 Å². The van der Waals surface area contributed by atoms with Crippen LogP contribution in [0.3, 0.4) is 0 Å². The fourth-order valence-corrected chi connectivity index (χ4v) is 2.17. The lowest BCUT2D eigenvalue weighted by Crippen LogP contribution is -2.18. The number of nitrogen functional groups attached to an aromatic ring is 1. The van der Waals surface area contributed by atoms with Gasteiger partial charge in [-0.05, 0) is 25.5 Å². The zero-order valence-electron chi connectivity index (χ0n) is 10.5. The number of methoxy groups -OCH3 is 1. The maximum absolute atomic E-state index is 11.0. The normalized spacial score (nSPS) is 14.1. The second-order valence-electron chi connectivity index (χ2n) is 4.06. The average molecular weight is 256 g/mol. The van der Waals surface area contributed by atoms with Crippen molar-refractivity contribution in [1.29, 1.82) is 0 Å². The fraction of sp³-hybridized carbons (Fsp3) is 0.500. The van der Waals surface area contributed by atoms with Gasteiger partial charge in [0.15, 0.2) is 0 Å². The van der Waals surface area contributed by atoms with E-state index in [-0.39, 0.29) is 6.04 Å². The first kappa shape index (κ1) is 13.8. The summed E-state index contributed by atoms with van der Waals surface area (Å²) in [6, 6.07) is 5.79. The van der Waals surface area contributed by atoms with Crippen LogP contribution in [0.15, 0.2) is 18.2 Å². The van der Waals surface area contributed by atoms with E-state index >= 15 is 0 Å². The van der Waals surface area contributed by atoms with Crippen molar-refractivity contribution in [2.24, 2.45) is 0 Å². The Bertz CT molecular complexity index is 396. The van der Waals surface area contributed by atoms with Crippen LogP contribution < -0.4 is 15.8 Å². The molecule has 0 aliphatic rings. The van der Waals surface area contributed by atoms with Crippen molar-refractivity contribution in [3.63, 3.8) is 0 Å². The van der Waals surface area contributed by atoms with Crippen molar-refractivity contribution in [2.75, 3.05) is 30.2 Å². The molecule has 1 aromatic carbocycles. The van der Waals surface area contributed by atoms with Crippen LogP contribution in [-0.4, -0.2) is 29.4 Å². The third-order valence-corrected chi connectivity index (χ3v) is 3.31. The van der Waals surface area contributed by atoms with Crippen LogP contribution in [0.5, 0.6) is 5.75 Å². The Labute approximate surface area is 105 Å². The molecule has 0 saturated heterocycles. The lowest BCUT2D eigenvalue weighted by molar-refractivity contribution is 0.415. The van der Waals surface area contributed by atoms with E-state index in [1.807, 2.05) is 12.1 Å². The number of ether oxygens (including phenoxy) is 1. The highest BCUT2D eigenvalue weighted by molar-refractivity contribution is 7.84. The van der Waals surface area contributed by atoms with E-state index in [2.05, 4.69) is 12.2 Å². The molecule has 0 aromatic heterocycles.